The predicted octanol–water partition coefficient (Wildman–Crippen LogP) is 16.2. The average Bonchev–Trinajstić information content (AvgIpc) is 3.86. The molecule has 0 N–H and O–H groups in total. The predicted molar refractivity (Wildman–Crippen MR) is 261 cm³/mol. The zero-order valence-corrected chi connectivity index (χ0v) is 35.5. The highest BCUT2D eigenvalue weighted by molar-refractivity contribution is 6.10. The summed E-state index contributed by atoms with van der Waals surface area (Å²) in [6, 6.07) is 76.5. The first-order chi connectivity index (χ1) is 30.3. The Hall–Kier alpha value is -7.42. The third kappa shape index (κ3) is 5.29. The summed E-state index contributed by atoms with van der Waals surface area (Å²) in [5, 5.41) is 2.53. The van der Waals surface area contributed by atoms with E-state index < -0.39 is 0 Å². The summed E-state index contributed by atoms with van der Waals surface area (Å²) in [7, 11) is 0. The van der Waals surface area contributed by atoms with Crippen molar-refractivity contribution >= 4 is 38.9 Å². The van der Waals surface area contributed by atoms with Crippen molar-refractivity contribution in [3.05, 3.63) is 229 Å². The highest BCUT2D eigenvalue weighted by atomic mass is 15.1. The van der Waals surface area contributed by atoms with Gasteiger partial charge in [-0.25, -0.2) is 0 Å². The second kappa shape index (κ2) is 13.5. The van der Waals surface area contributed by atoms with Crippen molar-refractivity contribution in [1.29, 1.82) is 0 Å². The fourth-order valence-electron chi connectivity index (χ4n) is 11.0. The Balaban J connectivity index is 1.09. The van der Waals surface area contributed by atoms with Gasteiger partial charge in [-0.2, -0.15) is 0 Å². The molecule has 2 heteroatoms. The maximum Gasteiger partial charge on any atom is 0.0587 e. The molecule has 1 aromatic heterocycles. The van der Waals surface area contributed by atoms with Crippen molar-refractivity contribution < 1.29 is 0 Å². The second-order valence-corrected chi connectivity index (χ2v) is 18.1. The van der Waals surface area contributed by atoms with Crippen molar-refractivity contribution in [1.82, 2.24) is 4.57 Å². The molecule has 0 bridgehead atoms. The van der Waals surface area contributed by atoms with Gasteiger partial charge in [0.2, 0.25) is 0 Å². The number of fused-ring (bicyclic) bond motifs is 9. The quantitative estimate of drug-likeness (QED) is 0.163. The highest BCUT2D eigenvalue weighted by Crippen LogP contribution is 2.55. The molecule has 0 saturated carbocycles. The standard InChI is InChI=1S/C60H46N2/c1-59(2)52-25-12-8-21-46(52)48-34-33-44(38-54(48)59)61(42-31-29-40(30-32-42)39-17-6-5-7-18-39)43-20-16-19-41(37-43)45-35-36-51-47-22-9-13-26-53(47)60(3,4)57(51)58(45)62-55-27-14-10-23-49(55)50-24-11-15-28-56(50)62/h5-38H,1-4H3. The maximum absolute atomic E-state index is 2.56. The highest BCUT2D eigenvalue weighted by Gasteiger charge is 2.40. The number of para-hydroxylation sites is 2. The van der Waals surface area contributed by atoms with E-state index in [0.29, 0.717) is 0 Å². The second-order valence-electron chi connectivity index (χ2n) is 18.1. The topological polar surface area (TPSA) is 8.17 Å². The van der Waals surface area contributed by atoms with Crippen LogP contribution in [0.25, 0.3) is 72.0 Å². The van der Waals surface area contributed by atoms with E-state index in [4.69, 9.17) is 0 Å². The van der Waals surface area contributed by atoms with Crippen LogP contribution in [0, 0.1) is 0 Å². The van der Waals surface area contributed by atoms with E-state index >= 15 is 0 Å². The molecule has 10 aromatic rings. The van der Waals surface area contributed by atoms with Crippen LogP contribution in [0.1, 0.15) is 49.9 Å². The van der Waals surface area contributed by atoms with Gasteiger partial charge < -0.3 is 9.47 Å². The van der Waals surface area contributed by atoms with Crippen molar-refractivity contribution in [3.63, 3.8) is 0 Å². The van der Waals surface area contributed by atoms with Crippen molar-refractivity contribution in [2.45, 2.75) is 38.5 Å². The molecule has 0 aliphatic heterocycles. The molecule has 2 aliphatic carbocycles. The number of benzene rings is 9. The minimum absolute atomic E-state index is 0.126. The number of hydrogen-bond donors (Lipinski definition) is 0. The van der Waals surface area contributed by atoms with Gasteiger partial charge in [0, 0.05) is 44.2 Å². The van der Waals surface area contributed by atoms with E-state index in [1.165, 1.54) is 94.3 Å². The minimum atomic E-state index is -0.233. The van der Waals surface area contributed by atoms with Crippen LogP contribution in [0.2, 0.25) is 0 Å². The number of hydrogen-bond acceptors (Lipinski definition) is 1. The van der Waals surface area contributed by atoms with Crippen molar-refractivity contribution in [2.24, 2.45) is 0 Å². The van der Waals surface area contributed by atoms with Gasteiger partial charge in [-0.15, -0.1) is 0 Å². The minimum Gasteiger partial charge on any atom is -0.310 e. The smallest absolute Gasteiger partial charge is 0.0587 e. The van der Waals surface area contributed by atoms with Gasteiger partial charge in [0.05, 0.1) is 16.7 Å². The zero-order chi connectivity index (χ0) is 41.7. The Morgan fingerprint density at radius 2 is 0.839 bits per heavy atom. The van der Waals surface area contributed by atoms with Crippen LogP contribution in [0.5, 0.6) is 0 Å². The third-order valence-corrected chi connectivity index (χ3v) is 14.0. The molecular formula is C60H46N2. The van der Waals surface area contributed by atoms with Crippen LogP contribution in [0.4, 0.5) is 17.1 Å². The first-order valence-electron chi connectivity index (χ1n) is 21.9. The molecule has 0 spiro atoms. The summed E-state index contributed by atoms with van der Waals surface area (Å²) in [6.07, 6.45) is 0. The number of rotatable bonds is 6. The van der Waals surface area contributed by atoms with Crippen LogP contribution in [0.15, 0.2) is 206 Å². The normalized spacial score (nSPS) is 14.1. The van der Waals surface area contributed by atoms with E-state index in [0.717, 1.165) is 17.1 Å². The first kappa shape index (κ1) is 36.4. The van der Waals surface area contributed by atoms with Crippen LogP contribution < -0.4 is 4.90 Å². The molecule has 1 heterocycles. The van der Waals surface area contributed by atoms with E-state index in [-0.39, 0.29) is 10.8 Å². The summed E-state index contributed by atoms with van der Waals surface area (Å²) in [6.45, 7) is 9.54. The van der Waals surface area contributed by atoms with Crippen molar-refractivity contribution in [3.8, 4) is 50.2 Å². The Labute approximate surface area is 364 Å². The monoisotopic (exact) mass is 794 g/mol. The Morgan fingerprint density at radius 1 is 0.339 bits per heavy atom. The summed E-state index contributed by atoms with van der Waals surface area (Å²) in [5.74, 6) is 0. The van der Waals surface area contributed by atoms with Crippen molar-refractivity contribution in [2.75, 3.05) is 4.90 Å². The molecule has 62 heavy (non-hydrogen) atoms. The molecule has 9 aromatic carbocycles. The Morgan fingerprint density at radius 3 is 1.55 bits per heavy atom. The fraction of sp³-hybridized carbons (Fsp3) is 0.100. The molecule has 296 valence electrons. The van der Waals surface area contributed by atoms with E-state index in [9.17, 15) is 0 Å². The van der Waals surface area contributed by atoms with Gasteiger partial charge in [-0.1, -0.05) is 185 Å². The number of aromatic nitrogens is 1. The average molecular weight is 795 g/mol. The largest absolute Gasteiger partial charge is 0.310 e. The molecule has 0 unspecified atom stereocenters. The van der Waals surface area contributed by atoms with Crippen LogP contribution in [-0.4, -0.2) is 4.57 Å². The summed E-state index contributed by atoms with van der Waals surface area (Å²) in [5.41, 5.74) is 22.2. The van der Waals surface area contributed by atoms with Gasteiger partial charge in [0.25, 0.3) is 0 Å². The van der Waals surface area contributed by atoms with Gasteiger partial charge >= 0.3 is 0 Å². The lowest BCUT2D eigenvalue weighted by Crippen LogP contribution is -2.18. The molecule has 0 atom stereocenters. The summed E-state index contributed by atoms with van der Waals surface area (Å²) in [4.78, 5) is 2.45. The molecule has 0 radical (unpaired) electrons. The number of nitrogens with zero attached hydrogens (tertiary/aromatic N) is 2. The van der Waals surface area contributed by atoms with Crippen LogP contribution in [0.3, 0.4) is 0 Å². The van der Waals surface area contributed by atoms with Gasteiger partial charge in [0.1, 0.15) is 0 Å². The lowest BCUT2D eigenvalue weighted by molar-refractivity contribution is 0.657. The molecule has 2 aliphatic rings. The fourth-order valence-corrected chi connectivity index (χ4v) is 11.0. The van der Waals surface area contributed by atoms with E-state index in [2.05, 4.69) is 243 Å². The van der Waals surface area contributed by atoms with Gasteiger partial charge in [-0.05, 0) is 110 Å². The first-order valence-corrected chi connectivity index (χ1v) is 21.9. The molecular weight excluding hydrogens is 749 g/mol. The van der Waals surface area contributed by atoms with Crippen LogP contribution in [-0.2, 0) is 10.8 Å². The Bertz CT molecular complexity index is 3350. The SMILES string of the molecule is CC1(C)c2ccccc2-c2ccc(N(c3ccc(-c4ccccc4)cc3)c3cccc(-c4ccc5c(c4-n4c6ccccc6c6ccccc64)C(C)(C)c4ccccc4-5)c3)cc21. The summed E-state index contributed by atoms with van der Waals surface area (Å²) >= 11 is 0. The van der Waals surface area contributed by atoms with E-state index in [1.54, 1.807) is 0 Å². The lowest BCUT2D eigenvalue weighted by atomic mass is 9.80. The molecule has 0 amide bonds. The molecule has 0 saturated heterocycles. The Kier molecular flexibility index (Phi) is 7.96. The zero-order valence-electron chi connectivity index (χ0n) is 35.5. The molecule has 0 fully saturated rings. The lowest BCUT2D eigenvalue weighted by Gasteiger charge is -2.29. The van der Waals surface area contributed by atoms with E-state index in [1.807, 2.05) is 0 Å². The van der Waals surface area contributed by atoms with Gasteiger partial charge in [-0.3, -0.25) is 0 Å². The molecule has 12 rings (SSSR count). The number of anilines is 3. The maximum atomic E-state index is 2.56. The molecule has 2 nitrogen and oxygen atoms in total. The van der Waals surface area contributed by atoms with Crippen LogP contribution >= 0.6 is 0 Å². The third-order valence-electron chi connectivity index (χ3n) is 14.0. The summed E-state index contributed by atoms with van der Waals surface area (Å²) < 4.78 is 2.56. The van der Waals surface area contributed by atoms with Gasteiger partial charge in [0.15, 0.2) is 0 Å².